The second kappa shape index (κ2) is 8.80. The lowest BCUT2D eigenvalue weighted by Crippen LogP contribution is -2.19. The number of halogens is 1. The number of sulfonamides is 1. The molecule has 0 atom stereocenters. The molecule has 154 valence electrons. The van der Waals surface area contributed by atoms with E-state index in [1.54, 1.807) is 6.07 Å². The number of nitrogens with zero attached hydrogens (tertiary/aromatic N) is 1. The van der Waals surface area contributed by atoms with E-state index in [0.29, 0.717) is 16.4 Å². The van der Waals surface area contributed by atoms with E-state index in [2.05, 4.69) is 15.4 Å². The number of carbonyl (C=O) groups excluding carboxylic acids is 1. The molecule has 30 heavy (non-hydrogen) atoms. The fourth-order valence-electron chi connectivity index (χ4n) is 2.46. The van der Waals surface area contributed by atoms with Crippen LogP contribution in [0.25, 0.3) is 0 Å². The van der Waals surface area contributed by atoms with Crippen molar-refractivity contribution in [3.05, 3.63) is 87.9 Å². The van der Waals surface area contributed by atoms with Gasteiger partial charge in [-0.1, -0.05) is 23.7 Å². The van der Waals surface area contributed by atoms with Crippen LogP contribution in [0.2, 0.25) is 5.02 Å². The number of nitrogens with one attached hydrogen (secondary N) is 3. The van der Waals surface area contributed by atoms with Gasteiger partial charge in [-0.05, 0) is 48.5 Å². The number of hydrogen-bond acceptors (Lipinski definition) is 5. The molecule has 0 spiro atoms. The first-order chi connectivity index (χ1) is 14.2. The van der Waals surface area contributed by atoms with Gasteiger partial charge in [-0.25, -0.2) is 13.2 Å². The third kappa shape index (κ3) is 5.46. The Hall–Kier alpha value is -3.63. The van der Waals surface area contributed by atoms with E-state index in [1.165, 1.54) is 66.7 Å². The van der Waals surface area contributed by atoms with Gasteiger partial charge in [0.25, 0.3) is 15.7 Å². The van der Waals surface area contributed by atoms with E-state index < -0.39 is 21.0 Å². The molecule has 0 aliphatic heterocycles. The molecule has 3 rings (SSSR count). The molecule has 11 heteroatoms. The Morgan fingerprint density at radius 1 is 0.867 bits per heavy atom. The van der Waals surface area contributed by atoms with Gasteiger partial charge in [0, 0.05) is 34.2 Å². The van der Waals surface area contributed by atoms with E-state index in [9.17, 15) is 23.3 Å². The summed E-state index contributed by atoms with van der Waals surface area (Å²) in [6, 6.07) is 16.7. The molecule has 0 unspecified atom stereocenters. The molecule has 0 fully saturated rings. The number of urea groups is 1. The number of hydrogen-bond donors (Lipinski definition) is 3. The zero-order valence-corrected chi connectivity index (χ0v) is 16.8. The highest BCUT2D eigenvalue weighted by atomic mass is 35.5. The standard InChI is InChI=1S/C19H15ClN4O5S/c20-13-3-1-6-18(11-13)30(28,29)23-15-9-7-14(8-10-15)21-19(25)22-16-4-2-5-17(12-16)24(26)27/h1-12,23H,(H2,21,22,25). The summed E-state index contributed by atoms with van der Waals surface area (Å²) < 4.78 is 27.2. The molecule has 0 aliphatic rings. The maximum atomic E-state index is 12.4. The van der Waals surface area contributed by atoms with E-state index in [0.717, 1.165) is 0 Å². The van der Waals surface area contributed by atoms with Crippen LogP contribution in [-0.2, 0) is 10.0 Å². The first kappa shape index (κ1) is 21.1. The second-order valence-electron chi connectivity index (χ2n) is 6.03. The van der Waals surface area contributed by atoms with Gasteiger partial charge in [0.15, 0.2) is 0 Å². The Bertz CT molecular complexity index is 1200. The normalized spacial score (nSPS) is 10.8. The summed E-state index contributed by atoms with van der Waals surface area (Å²) in [4.78, 5) is 22.3. The monoisotopic (exact) mass is 446 g/mol. The van der Waals surface area contributed by atoms with E-state index in [1.807, 2.05) is 0 Å². The average molecular weight is 447 g/mol. The summed E-state index contributed by atoms with van der Waals surface area (Å²) in [6.07, 6.45) is 0. The highest BCUT2D eigenvalue weighted by Crippen LogP contribution is 2.21. The van der Waals surface area contributed by atoms with Crippen LogP contribution in [0.5, 0.6) is 0 Å². The molecular weight excluding hydrogens is 432 g/mol. The SMILES string of the molecule is O=C(Nc1ccc(NS(=O)(=O)c2cccc(Cl)c2)cc1)Nc1cccc([N+](=O)[O-])c1. The predicted molar refractivity (Wildman–Crippen MR) is 114 cm³/mol. The van der Waals surface area contributed by atoms with Gasteiger partial charge in [-0.2, -0.15) is 0 Å². The van der Waals surface area contributed by atoms with Gasteiger partial charge in [0.2, 0.25) is 0 Å². The molecule has 3 aromatic rings. The van der Waals surface area contributed by atoms with Crippen molar-refractivity contribution in [3.8, 4) is 0 Å². The number of carbonyl (C=O) groups is 1. The molecule has 0 radical (unpaired) electrons. The number of anilines is 3. The van der Waals surface area contributed by atoms with Gasteiger partial charge in [-0.3, -0.25) is 14.8 Å². The molecule has 0 saturated heterocycles. The van der Waals surface area contributed by atoms with Gasteiger partial charge in [-0.15, -0.1) is 0 Å². The molecule has 3 N–H and O–H groups in total. The Kier molecular flexibility index (Phi) is 6.19. The number of benzene rings is 3. The van der Waals surface area contributed by atoms with Crippen LogP contribution >= 0.6 is 11.6 Å². The molecule has 2 amide bonds. The maximum absolute atomic E-state index is 12.4. The maximum Gasteiger partial charge on any atom is 0.323 e. The first-order valence-electron chi connectivity index (χ1n) is 8.44. The van der Waals surface area contributed by atoms with E-state index in [4.69, 9.17) is 11.6 Å². The number of rotatable bonds is 6. The third-order valence-corrected chi connectivity index (χ3v) is 5.43. The summed E-state index contributed by atoms with van der Waals surface area (Å²) in [5, 5.41) is 16.1. The van der Waals surface area contributed by atoms with Gasteiger partial charge in [0.1, 0.15) is 0 Å². The largest absolute Gasteiger partial charge is 0.323 e. The van der Waals surface area contributed by atoms with Crippen molar-refractivity contribution in [3.63, 3.8) is 0 Å². The van der Waals surface area contributed by atoms with Crippen LogP contribution in [0, 0.1) is 10.1 Å². The highest BCUT2D eigenvalue weighted by molar-refractivity contribution is 7.92. The van der Waals surface area contributed by atoms with Gasteiger partial charge < -0.3 is 10.6 Å². The molecular formula is C19H15ClN4O5S. The van der Waals surface area contributed by atoms with Crippen molar-refractivity contribution < 1.29 is 18.1 Å². The minimum atomic E-state index is -3.81. The lowest BCUT2D eigenvalue weighted by molar-refractivity contribution is -0.384. The van der Waals surface area contributed by atoms with Crippen LogP contribution in [0.1, 0.15) is 0 Å². The van der Waals surface area contributed by atoms with Crippen molar-refractivity contribution in [2.45, 2.75) is 4.90 Å². The molecule has 3 aromatic carbocycles. The summed E-state index contributed by atoms with van der Waals surface area (Å²) in [5.74, 6) is 0. The van der Waals surface area contributed by atoms with Gasteiger partial charge >= 0.3 is 6.03 Å². The van der Waals surface area contributed by atoms with Crippen LogP contribution < -0.4 is 15.4 Å². The molecule has 0 saturated carbocycles. The summed E-state index contributed by atoms with van der Waals surface area (Å²) in [5.41, 5.74) is 0.792. The van der Waals surface area contributed by atoms with Crippen molar-refractivity contribution in [1.82, 2.24) is 0 Å². The van der Waals surface area contributed by atoms with Gasteiger partial charge in [0.05, 0.1) is 9.82 Å². The minimum Gasteiger partial charge on any atom is -0.308 e. The smallest absolute Gasteiger partial charge is 0.308 e. The minimum absolute atomic E-state index is 0.0218. The Morgan fingerprint density at radius 3 is 2.17 bits per heavy atom. The average Bonchev–Trinajstić information content (AvgIpc) is 2.69. The summed E-state index contributed by atoms with van der Waals surface area (Å²) in [7, 11) is -3.81. The topological polar surface area (TPSA) is 130 Å². The van der Waals surface area contributed by atoms with Crippen LogP contribution in [0.15, 0.2) is 77.7 Å². The summed E-state index contributed by atoms with van der Waals surface area (Å²) in [6.45, 7) is 0. The Morgan fingerprint density at radius 2 is 1.50 bits per heavy atom. The first-order valence-corrected chi connectivity index (χ1v) is 10.3. The highest BCUT2D eigenvalue weighted by Gasteiger charge is 2.14. The number of non-ortho nitro benzene ring substituents is 1. The third-order valence-electron chi connectivity index (χ3n) is 3.82. The van der Waals surface area contributed by atoms with E-state index in [-0.39, 0.29) is 16.3 Å². The Balaban J connectivity index is 1.63. The fourth-order valence-corrected chi connectivity index (χ4v) is 3.82. The molecule has 0 bridgehead atoms. The predicted octanol–water partition coefficient (Wildman–Crippen LogP) is 4.69. The van der Waals surface area contributed by atoms with Crippen molar-refractivity contribution >= 4 is 50.4 Å². The molecule has 0 aliphatic carbocycles. The zero-order chi connectivity index (χ0) is 21.7. The van der Waals surface area contributed by atoms with Crippen LogP contribution in [0.3, 0.4) is 0 Å². The second-order valence-corrected chi connectivity index (χ2v) is 8.15. The number of amides is 2. The quantitative estimate of drug-likeness (QED) is 0.373. The summed E-state index contributed by atoms with van der Waals surface area (Å²) >= 11 is 5.83. The number of nitro groups is 1. The molecule has 0 heterocycles. The lowest BCUT2D eigenvalue weighted by atomic mass is 10.3. The van der Waals surface area contributed by atoms with E-state index >= 15 is 0 Å². The van der Waals surface area contributed by atoms with Crippen molar-refractivity contribution in [2.24, 2.45) is 0 Å². The van der Waals surface area contributed by atoms with Crippen molar-refractivity contribution in [2.75, 3.05) is 15.4 Å². The molecule has 0 aromatic heterocycles. The Labute approximate surface area is 176 Å². The zero-order valence-electron chi connectivity index (χ0n) is 15.2. The molecule has 9 nitrogen and oxygen atoms in total. The van der Waals surface area contributed by atoms with Crippen LogP contribution in [-0.4, -0.2) is 19.4 Å². The lowest BCUT2D eigenvalue weighted by Gasteiger charge is -2.10. The fraction of sp³-hybridized carbons (Fsp3) is 0. The number of nitro benzene ring substituents is 1. The van der Waals surface area contributed by atoms with Crippen molar-refractivity contribution in [1.29, 1.82) is 0 Å². The van der Waals surface area contributed by atoms with Crippen LogP contribution in [0.4, 0.5) is 27.5 Å².